The third-order valence-electron chi connectivity index (χ3n) is 1.75. The molecule has 0 aliphatic heterocycles. The van der Waals surface area contributed by atoms with Crippen molar-refractivity contribution in [3.8, 4) is 0 Å². The van der Waals surface area contributed by atoms with Crippen molar-refractivity contribution in [2.45, 2.75) is 6.73 Å². The van der Waals surface area contributed by atoms with Gasteiger partial charge in [0.15, 0.2) is 0 Å². The normalized spacial score (nSPS) is 10.8. The summed E-state index contributed by atoms with van der Waals surface area (Å²) in [5.74, 6) is 0. The SMILES string of the molecule is OCn1c(Cl)nc2ccccc21. The molecule has 0 saturated heterocycles. The summed E-state index contributed by atoms with van der Waals surface area (Å²) in [4.78, 5) is 4.05. The lowest BCUT2D eigenvalue weighted by molar-refractivity contribution is 0.215. The van der Waals surface area contributed by atoms with E-state index in [0.717, 1.165) is 11.0 Å². The molecule has 0 saturated carbocycles. The van der Waals surface area contributed by atoms with Crippen molar-refractivity contribution in [3.63, 3.8) is 0 Å². The molecule has 0 spiro atoms. The molecule has 0 unspecified atom stereocenters. The second-order valence-electron chi connectivity index (χ2n) is 2.44. The summed E-state index contributed by atoms with van der Waals surface area (Å²) in [6.07, 6.45) is 0. The standard InChI is InChI=1S/C8H7ClN2O/c9-8-10-6-3-1-2-4-7(6)11(8)5-12/h1-4,12H,5H2. The summed E-state index contributed by atoms with van der Waals surface area (Å²) in [5, 5.41) is 9.26. The molecule has 0 atom stereocenters. The molecule has 1 aromatic carbocycles. The minimum Gasteiger partial charge on any atom is -0.376 e. The highest BCUT2D eigenvalue weighted by Gasteiger charge is 2.05. The number of nitrogens with zero attached hydrogens (tertiary/aromatic N) is 2. The van der Waals surface area contributed by atoms with Crippen LogP contribution >= 0.6 is 11.6 Å². The van der Waals surface area contributed by atoms with E-state index < -0.39 is 0 Å². The topological polar surface area (TPSA) is 38.0 Å². The average Bonchev–Trinajstić information content (AvgIpc) is 2.40. The molecular formula is C8H7ClN2O. The fourth-order valence-corrected chi connectivity index (χ4v) is 1.42. The first-order valence-electron chi connectivity index (χ1n) is 3.54. The molecule has 0 radical (unpaired) electrons. The molecule has 12 heavy (non-hydrogen) atoms. The smallest absolute Gasteiger partial charge is 0.205 e. The molecule has 1 aromatic heterocycles. The van der Waals surface area contributed by atoms with Gasteiger partial charge in [-0.2, -0.15) is 0 Å². The predicted octanol–water partition coefficient (Wildman–Crippen LogP) is 1.64. The average molecular weight is 183 g/mol. The summed E-state index contributed by atoms with van der Waals surface area (Å²) in [7, 11) is 0. The van der Waals surface area contributed by atoms with Crippen LogP contribution in [0.2, 0.25) is 5.28 Å². The zero-order valence-corrected chi connectivity index (χ0v) is 6.99. The second-order valence-corrected chi connectivity index (χ2v) is 2.78. The van der Waals surface area contributed by atoms with Gasteiger partial charge in [0.1, 0.15) is 6.73 Å². The third-order valence-corrected chi connectivity index (χ3v) is 2.04. The van der Waals surface area contributed by atoms with E-state index in [1.165, 1.54) is 4.57 Å². The van der Waals surface area contributed by atoms with Crippen molar-refractivity contribution in [2.24, 2.45) is 0 Å². The lowest BCUT2D eigenvalue weighted by Crippen LogP contribution is -1.95. The predicted molar refractivity (Wildman–Crippen MR) is 47.0 cm³/mol. The summed E-state index contributed by atoms with van der Waals surface area (Å²) in [5.41, 5.74) is 1.65. The van der Waals surface area contributed by atoms with Gasteiger partial charge in [-0.15, -0.1) is 0 Å². The van der Waals surface area contributed by atoms with Gasteiger partial charge in [-0.25, -0.2) is 4.98 Å². The summed E-state index contributed by atoms with van der Waals surface area (Å²) >= 11 is 5.76. The van der Waals surface area contributed by atoms with Gasteiger partial charge in [-0.05, 0) is 23.7 Å². The summed E-state index contributed by atoms with van der Waals surface area (Å²) in [6, 6.07) is 7.48. The maximum Gasteiger partial charge on any atom is 0.205 e. The molecule has 2 rings (SSSR count). The largest absolute Gasteiger partial charge is 0.376 e. The molecule has 0 bridgehead atoms. The number of fused-ring (bicyclic) bond motifs is 1. The number of imidazole rings is 1. The Balaban J connectivity index is 2.81. The Bertz CT molecular complexity index is 410. The number of hydrogen-bond donors (Lipinski definition) is 1. The number of aliphatic hydroxyl groups excluding tert-OH is 1. The van der Waals surface area contributed by atoms with Crippen molar-refractivity contribution in [2.75, 3.05) is 0 Å². The van der Waals surface area contributed by atoms with E-state index in [2.05, 4.69) is 4.98 Å². The summed E-state index contributed by atoms with van der Waals surface area (Å²) < 4.78 is 1.54. The van der Waals surface area contributed by atoms with Gasteiger partial charge in [-0.1, -0.05) is 12.1 Å². The van der Waals surface area contributed by atoms with Crippen molar-refractivity contribution < 1.29 is 5.11 Å². The van der Waals surface area contributed by atoms with Crippen LogP contribution in [0.4, 0.5) is 0 Å². The van der Waals surface area contributed by atoms with E-state index in [-0.39, 0.29) is 6.73 Å². The minimum absolute atomic E-state index is 0.140. The number of aromatic nitrogens is 2. The Kier molecular flexibility index (Phi) is 1.75. The number of para-hydroxylation sites is 2. The Morgan fingerprint density at radius 2 is 2.17 bits per heavy atom. The van der Waals surface area contributed by atoms with E-state index in [9.17, 15) is 0 Å². The number of hydrogen-bond acceptors (Lipinski definition) is 2. The maximum atomic E-state index is 8.94. The highest BCUT2D eigenvalue weighted by molar-refractivity contribution is 6.29. The molecule has 0 fully saturated rings. The van der Waals surface area contributed by atoms with Crippen LogP contribution in [-0.4, -0.2) is 14.7 Å². The Morgan fingerprint density at radius 3 is 2.92 bits per heavy atom. The highest BCUT2D eigenvalue weighted by atomic mass is 35.5. The molecule has 0 aliphatic rings. The van der Waals surface area contributed by atoms with Crippen LogP contribution in [-0.2, 0) is 6.73 Å². The van der Waals surface area contributed by atoms with Gasteiger partial charge in [-0.3, -0.25) is 4.57 Å². The highest BCUT2D eigenvalue weighted by Crippen LogP contribution is 2.18. The van der Waals surface area contributed by atoms with E-state index in [1.54, 1.807) is 0 Å². The molecule has 2 aromatic rings. The molecule has 4 heteroatoms. The van der Waals surface area contributed by atoms with E-state index >= 15 is 0 Å². The molecule has 3 nitrogen and oxygen atoms in total. The molecule has 1 N–H and O–H groups in total. The lowest BCUT2D eigenvalue weighted by atomic mass is 10.3. The van der Waals surface area contributed by atoms with Crippen LogP contribution in [0, 0.1) is 0 Å². The number of halogens is 1. The van der Waals surface area contributed by atoms with Gasteiger partial charge in [0.25, 0.3) is 0 Å². The number of aliphatic hydroxyl groups is 1. The van der Waals surface area contributed by atoms with Gasteiger partial charge in [0.05, 0.1) is 11.0 Å². The Hall–Kier alpha value is -1.06. The van der Waals surface area contributed by atoms with Crippen LogP contribution in [0.25, 0.3) is 11.0 Å². The fraction of sp³-hybridized carbons (Fsp3) is 0.125. The van der Waals surface area contributed by atoms with E-state index in [1.807, 2.05) is 24.3 Å². The first-order valence-corrected chi connectivity index (χ1v) is 3.92. The van der Waals surface area contributed by atoms with Gasteiger partial charge in [0, 0.05) is 0 Å². The zero-order valence-electron chi connectivity index (χ0n) is 6.24. The molecule has 0 amide bonds. The van der Waals surface area contributed by atoms with Crippen LogP contribution in [0.15, 0.2) is 24.3 Å². The molecular weight excluding hydrogens is 176 g/mol. The number of benzene rings is 1. The van der Waals surface area contributed by atoms with Gasteiger partial charge >= 0.3 is 0 Å². The first kappa shape index (κ1) is 7.58. The monoisotopic (exact) mass is 182 g/mol. The molecule has 1 heterocycles. The molecule has 0 aliphatic carbocycles. The van der Waals surface area contributed by atoms with Crippen molar-refractivity contribution in [1.29, 1.82) is 0 Å². The zero-order chi connectivity index (χ0) is 8.55. The van der Waals surface area contributed by atoms with Crippen molar-refractivity contribution in [1.82, 2.24) is 9.55 Å². The lowest BCUT2D eigenvalue weighted by Gasteiger charge is -1.97. The van der Waals surface area contributed by atoms with Gasteiger partial charge < -0.3 is 5.11 Å². The minimum atomic E-state index is -0.140. The van der Waals surface area contributed by atoms with Crippen LogP contribution in [0.5, 0.6) is 0 Å². The first-order chi connectivity index (χ1) is 5.83. The van der Waals surface area contributed by atoms with Crippen LogP contribution in [0.1, 0.15) is 0 Å². The van der Waals surface area contributed by atoms with Crippen molar-refractivity contribution >= 4 is 22.6 Å². The van der Waals surface area contributed by atoms with Crippen LogP contribution in [0.3, 0.4) is 0 Å². The van der Waals surface area contributed by atoms with E-state index in [4.69, 9.17) is 16.7 Å². The quantitative estimate of drug-likeness (QED) is 0.728. The third kappa shape index (κ3) is 0.983. The Morgan fingerprint density at radius 1 is 1.42 bits per heavy atom. The number of rotatable bonds is 1. The summed E-state index contributed by atoms with van der Waals surface area (Å²) in [6.45, 7) is -0.140. The maximum absolute atomic E-state index is 8.94. The molecule has 62 valence electrons. The van der Waals surface area contributed by atoms with Gasteiger partial charge in [0.2, 0.25) is 5.28 Å². The Labute approximate surface area is 74.2 Å². The van der Waals surface area contributed by atoms with Crippen molar-refractivity contribution in [3.05, 3.63) is 29.5 Å². The van der Waals surface area contributed by atoms with E-state index in [0.29, 0.717) is 5.28 Å². The second kappa shape index (κ2) is 2.77. The van der Waals surface area contributed by atoms with Crippen LogP contribution < -0.4 is 0 Å². The fourth-order valence-electron chi connectivity index (χ4n) is 1.18.